The lowest BCUT2D eigenvalue weighted by atomic mass is 10.2. The summed E-state index contributed by atoms with van der Waals surface area (Å²) < 4.78 is 6.31. The molecule has 4 aromatic rings. The van der Waals surface area contributed by atoms with Crippen molar-refractivity contribution in [2.75, 3.05) is 18.2 Å². The third kappa shape index (κ3) is 4.85. The smallest absolute Gasteiger partial charge is 0.345 e. The number of rotatable bonds is 7. The average molecular weight is 465 g/mol. The summed E-state index contributed by atoms with van der Waals surface area (Å²) in [7, 11) is 1.23. The van der Waals surface area contributed by atoms with Crippen LogP contribution in [0, 0.1) is 0 Å². The molecule has 0 unspecified atom stereocenters. The Kier molecular flexibility index (Phi) is 6.36. The van der Waals surface area contributed by atoms with Crippen LogP contribution in [0.4, 0.5) is 5.69 Å². The maximum atomic E-state index is 12.4. The number of hydrogen-bond acceptors (Lipinski definition) is 9. The van der Waals surface area contributed by atoms with Crippen molar-refractivity contribution < 1.29 is 19.4 Å². The Morgan fingerprint density at radius 1 is 1.21 bits per heavy atom. The van der Waals surface area contributed by atoms with Crippen LogP contribution < -0.4 is 5.32 Å². The van der Waals surface area contributed by atoms with Crippen LogP contribution >= 0.6 is 11.8 Å². The van der Waals surface area contributed by atoms with E-state index in [1.807, 2.05) is 18.2 Å². The Hall–Kier alpha value is -4.19. The molecule has 0 bridgehead atoms. The fourth-order valence-electron chi connectivity index (χ4n) is 3.08. The van der Waals surface area contributed by atoms with E-state index < -0.39 is 5.97 Å². The summed E-state index contributed by atoms with van der Waals surface area (Å²) in [5.74, 6) is -0.992. The number of thioether (sulfide) groups is 1. The maximum Gasteiger partial charge on any atom is 0.345 e. The number of tetrazole rings is 1. The number of nitrogens with zero attached hydrogens (tertiary/aromatic N) is 5. The molecule has 0 atom stereocenters. The van der Waals surface area contributed by atoms with Crippen molar-refractivity contribution in [3.8, 4) is 5.69 Å². The average Bonchev–Trinajstić information content (AvgIpc) is 3.44. The second-order valence-corrected chi connectivity index (χ2v) is 7.75. The lowest BCUT2D eigenvalue weighted by Crippen LogP contribution is -2.10. The monoisotopic (exact) mass is 465 g/mol. The van der Waals surface area contributed by atoms with Crippen LogP contribution in [0.3, 0.4) is 0 Å². The fraction of sp³-hybridized carbons (Fsp3) is 0.143. The van der Waals surface area contributed by atoms with E-state index in [1.165, 1.54) is 18.7 Å². The number of ether oxygens (including phenoxy) is 1. The highest BCUT2D eigenvalue weighted by atomic mass is 32.2. The van der Waals surface area contributed by atoms with Gasteiger partial charge in [-0.05, 0) is 40.8 Å². The number of methoxy groups -OCH3 is 1. The molecule has 1 amide bonds. The number of hydrogen-bond donors (Lipinski definition) is 3. The van der Waals surface area contributed by atoms with Crippen molar-refractivity contribution in [1.82, 2.24) is 30.2 Å². The standard InChI is InChI=1S/C21H19N7O4S/c1-12(29)22-13-6-5-7-14(10-13)28-21(25-26-27-28)33-11-17(30)18(20(31)32-2)19-23-15-8-3-4-9-16(15)24-19/h3-10,30H,11H2,1-2H3,(H,22,29)(H,23,24)/b18-17+. The third-order valence-corrected chi connectivity index (χ3v) is 5.42. The van der Waals surface area contributed by atoms with Gasteiger partial charge in [0, 0.05) is 12.6 Å². The molecule has 0 aliphatic carbocycles. The summed E-state index contributed by atoms with van der Waals surface area (Å²) in [6.45, 7) is 1.42. The number of nitrogens with one attached hydrogen (secondary N) is 2. The summed E-state index contributed by atoms with van der Waals surface area (Å²) in [4.78, 5) is 31.2. The van der Waals surface area contributed by atoms with Crippen LogP contribution in [0.5, 0.6) is 0 Å². The van der Waals surface area contributed by atoms with Gasteiger partial charge in [-0.2, -0.15) is 4.68 Å². The molecule has 33 heavy (non-hydrogen) atoms. The van der Waals surface area contributed by atoms with Gasteiger partial charge in [0.1, 0.15) is 17.2 Å². The predicted molar refractivity (Wildman–Crippen MR) is 122 cm³/mol. The zero-order valence-corrected chi connectivity index (χ0v) is 18.5. The Morgan fingerprint density at radius 3 is 2.79 bits per heavy atom. The van der Waals surface area contributed by atoms with Gasteiger partial charge in [-0.3, -0.25) is 4.79 Å². The zero-order valence-electron chi connectivity index (χ0n) is 17.6. The maximum absolute atomic E-state index is 12.4. The molecule has 2 aromatic heterocycles. The molecule has 2 heterocycles. The predicted octanol–water partition coefficient (Wildman–Crippen LogP) is 2.73. The van der Waals surface area contributed by atoms with Crippen molar-refractivity contribution in [2.24, 2.45) is 0 Å². The van der Waals surface area contributed by atoms with Crippen molar-refractivity contribution >= 4 is 45.9 Å². The highest BCUT2D eigenvalue weighted by Gasteiger charge is 2.23. The highest BCUT2D eigenvalue weighted by Crippen LogP contribution is 2.26. The number of aliphatic hydroxyl groups is 1. The largest absolute Gasteiger partial charge is 0.510 e. The van der Waals surface area contributed by atoms with Crippen LogP contribution in [0.25, 0.3) is 22.3 Å². The van der Waals surface area contributed by atoms with Crippen molar-refractivity contribution in [1.29, 1.82) is 0 Å². The zero-order chi connectivity index (χ0) is 23.4. The lowest BCUT2D eigenvalue weighted by Gasteiger charge is -2.08. The van der Waals surface area contributed by atoms with E-state index in [0.29, 0.717) is 22.0 Å². The van der Waals surface area contributed by atoms with Gasteiger partial charge in [-0.15, -0.1) is 5.10 Å². The van der Waals surface area contributed by atoms with Crippen LogP contribution in [0.1, 0.15) is 12.7 Å². The first-order chi connectivity index (χ1) is 16.0. The third-order valence-electron chi connectivity index (χ3n) is 4.49. The van der Waals surface area contributed by atoms with E-state index in [2.05, 4.69) is 30.8 Å². The number of imidazole rings is 1. The van der Waals surface area contributed by atoms with E-state index >= 15 is 0 Å². The van der Waals surface area contributed by atoms with E-state index in [0.717, 1.165) is 17.3 Å². The molecule has 12 heteroatoms. The first kappa shape index (κ1) is 22.0. The van der Waals surface area contributed by atoms with Gasteiger partial charge in [0.05, 0.1) is 29.6 Å². The summed E-state index contributed by atoms with van der Waals surface area (Å²) in [5.41, 5.74) is 2.50. The topological polar surface area (TPSA) is 148 Å². The van der Waals surface area contributed by atoms with E-state index in [1.54, 1.807) is 30.3 Å². The first-order valence-electron chi connectivity index (χ1n) is 9.71. The number of aromatic nitrogens is 6. The molecule has 0 aliphatic rings. The summed E-state index contributed by atoms with van der Waals surface area (Å²) >= 11 is 1.12. The Balaban J connectivity index is 1.61. The van der Waals surface area contributed by atoms with Gasteiger partial charge in [0.25, 0.3) is 0 Å². The van der Waals surface area contributed by atoms with Crippen molar-refractivity contribution in [2.45, 2.75) is 12.1 Å². The van der Waals surface area contributed by atoms with Gasteiger partial charge < -0.3 is 20.1 Å². The first-order valence-corrected chi connectivity index (χ1v) is 10.7. The molecule has 4 rings (SSSR count). The molecule has 0 saturated heterocycles. The molecule has 3 N–H and O–H groups in total. The number of amides is 1. The minimum atomic E-state index is -0.727. The summed E-state index contributed by atoms with van der Waals surface area (Å²) in [6, 6.07) is 14.3. The number of carbonyl (C=O) groups is 2. The quantitative estimate of drug-likeness (QED) is 0.162. The van der Waals surface area contributed by atoms with E-state index in [-0.39, 0.29) is 28.8 Å². The number of aliphatic hydroxyl groups excluding tert-OH is 1. The Morgan fingerprint density at radius 2 is 2.03 bits per heavy atom. The molecular formula is C21H19N7O4S. The lowest BCUT2D eigenvalue weighted by molar-refractivity contribution is -0.133. The molecule has 0 aliphatic heterocycles. The Labute approximate surface area is 191 Å². The van der Waals surface area contributed by atoms with Crippen LogP contribution in [0.15, 0.2) is 59.4 Å². The highest BCUT2D eigenvalue weighted by molar-refractivity contribution is 7.99. The van der Waals surface area contributed by atoms with Gasteiger partial charge in [0.2, 0.25) is 11.1 Å². The number of carbonyl (C=O) groups excluding carboxylic acids is 2. The number of benzene rings is 2. The number of aromatic amines is 1. The van der Waals surface area contributed by atoms with Gasteiger partial charge in [-0.25, -0.2) is 9.78 Å². The van der Waals surface area contributed by atoms with Crippen LogP contribution in [-0.4, -0.2) is 60.0 Å². The molecule has 11 nitrogen and oxygen atoms in total. The number of esters is 1. The number of fused-ring (bicyclic) bond motifs is 1. The molecule has 0 saturated carbocycles. The van der Waals surface area contributed by atoms with E-state index in [4.69, 9.17) is 4.74 Å². The number of H-pyrrole nitrogens is 1. The van der Waals surface area contributed by atoms with Crippen LogP contribution in [-0.2, 0) is 14.3 Å². The Bertz CT molecular complexity index is 1330. The molecule has 0 fully saturated rings. The summed E-state index contributed by atoms with van der Waals surface area (Å²) in [5, 5.41) is 25.5. The van der Waals surface area contributed by atoms with Crippen molar-refractivity contribution in [3.05, 3.63) is 60.1 Å². The fourth-order valence-corrected chi connectivity index (χ4v) is 3.85. The molecule has 2 aromatic carbocycles. The molecular weight excluding hydrogens is 446 g/mol. The minimum absolute atomic E-state index is 0.0206. The van der Waals surface area contributed by atoms with E-state index in [9.17, 15) is 14.7 Å². The second kappa shape index (κ2) is 9.53. The number of anilines is 1. The van der Waals surface area contributed by atoms with Gasteiger partial charge >= 0.3 is 5.97 Å². The minimum Gasteiger partial charge on any atom is -0.510 e. The summed E-state index contributed by atoms with van der Waals surface area (Å²) in [6.07, 6.45) is 0. The SMILES string of the molecule is COC(=O)/C(=C(/O)CSc1nnnn1-c1cccc(NC(C)=O)c1)c1nc2ccccc2[nH]1. The normalized spacial score (nSPS) is 11.8. The second-order valence-electron chi connectivity index (χ2n) is 6.81. The van der Waals surface area contributed by atoms with Gasteiger partial charge in [0.15, 0.2) is 0 Å². The van der Waals surface area contributed by atoms with Crippen molar-refractivity contribution in [3.63, 3.8) is 0 Å². The number of para-hydroxylation sites is 2. The van der Waals surface area contributed by atoms with Gasteiger partial charge in [-0.1, -0.05) is 30.0 Å². The molecule has 168 valence electrons. The molecule has 0 radical (unpaired) electrons. The van der Waals surface area contributed by atoms with Crippen LogP contribution in [0.2, 0.25) is 0 Å². The molecule has 0 spiro atoms.